The van der Waals surface area contributed by atoms with Crippen molar-refractivity contribution in [3.63, 3.8) is 0 Å². The van der Waals surface area contributed by atoms with Gasteiger partial charge in [-0.25, -0.2) is 0 Å². The molecule has 184 valence electrons. The maximum absolute atomic E-state index is 12.0. The highest BCUT2D eigenvalue weighted by atomic mass is 16.6. The van der Waals surface area contributed by atoms with E-state index in [0.717, 1.165) is 22.3 Å². The topological polar surface area (TPSA) is 131 Å². The van der Waals surface area contributed by atoms with Crippen molar-refractivity contribution >= 4 is 17.3 Å². The molecule has 0 heterocycles. The third kappa shape index (κ3) is 4.80. The van der Waals surface area contributed by atoms with Crippen molar-refractivity contribution in [1.29, 1.82) is 0 Å². The van der Waals surface area contributed by atoms with Gasteiger partial charge in [-0.2, -0.15) is 0 Å². The van der Waals surface area contributed by atoms with Crippen LogP contribution in [0.5, 0.6) is 23.0 Å². The Kier molecular flexibility index (Phi) is 5.98. The van der Waals surface area contributed by atoms with Crippen molar-refractivity contribution in [2.24, 2.45) is 0 Å². The summed E-state index contributed by atoms with van der Waals surface area (Å²) in [6.45, 7) is 1.33. The molecule has 0 aliphatic heterocycles. The lowest BCUT2D eigenvalue weighted by atomic mass is 10.1. The predicted octanol–water partition coefficient (Wildman–Crippen LogP) is 6.72. The maximum Gasteiger partial charge on any atom is 0.303 e. The average Bonchev–Trinajstić information content (AvgIpc) is 3.16. The van der Waals surface area contributed by atoms with Gasteiger partial charge >= 0.3 is 5.97 Å². The molecular weight excluding hydrogens is 480 g/mol. The van der Waals surface area contributed by atoms with E-state index in [-0.39, 0.29) is 11.4 Å². The lowest BCUT2D eigenvalue weighted by molar-refractivity contribution is -0.385. The third-order valence-corrected chi connectivity index (χ3v) is 5.75. The van der Waals surface area contributed by atoms with Gasteiger partial charge in [0.05, 0.1) is 9.85 Å². The molecule has 10 heteroatoms. The first kappa shape index (κ1) is 23.5. The molecule has 0 amide bonds. The highest BCUT2D eigenvalue weighted by Crippen LogP contribution is 2.48. The Balaban J connectivity index is 1.43. The van der Waals surface area contributed by atoms with E-state index in [1.807, 2.05) is 12.1 Å². The van der Waals surface area contributed by atoms with Crippen molar-refractivity contribution in [2.75, 3.05) is 0 Å². The van der Waals surface area contributed by atoms with E-state index in [1.165, 1.54) is 55.5 Å². The summed E-state index contributed by atoms with van der Waals surface area (Å²) in [6, 6.07) is 22.2. The Morgan fingerprint density at radius 1 is 0.649 bits per heavy atom. The minimum Gasteiger partial charge on any atom is -0.457 e. The number of nitrogens with zero attached hydrogens (tertiary/aromatic N) is 2. The number of fused-ring (bicyclic) bond motifs is 3. The van der Waals surface area contributed by atoms with E-state index in [4.69, 9.17) is 14.2 Å². The van der Waals surface area contributed by atoms with E-state index < -0.39 is 21.9 Å². The van der Waals surface area contributed by atoms with E-state index >= 15 is 0 Å². The summed E-state index contributed by atoms with van der Waals surface area (Å²) in [7, 11) is 0. The molecule has 0 unspecified atom stereocenters. The van der Waals surface area contributed by atoms with Crippen molar-refractivity contribution in [1.82, 2.24) is 0 Å². The fraction of sp³-hybridized carbons (Fsp3) is 0.0741. The number of esters is 1. The molecule has 1 aliphatic rings. The van der Waals surface area contributed by atoms with Gasteiger partial charge in [0.25, 0.3) is 11.4 Å². The van der Waals surface area contributed by atoms with Crippen LogP contribution in [0.4, 0.5) is 11.4 Å². The number of nitro groups is 2. The molecule has 0 bridgehead atoms. The van der Waals surface area contributed by atoms with Crippen LogP contribution in [0.2, 0.25) is 0 Å². The average molecular weight is 498 g/mol. The van der Waals surface area contributed by atoms with Crippen molar-refractivity contribution in [3.8, 4) is 34.1 Å². The molecular formula is C27H18N2O8. The summed E-state index contributed by atoms with van der Waals surface area (Å²) in [6.07, 6.45) is -0.705. The maximum atomic E-state index is 12.0. The molecule has 0 saturated heterocycles. The van der Waals surface area contributed by atoms with Gasteiger partial charge < -0.3 is 14.2 Å². The molecule has 1 aliphatic carbocycles. The molecule has 4 aromatic carbocycles. The first-order chi connectivity index (χ1) is 17.8. The number of carbonyl (C=O) groups excluding carboxylic acids is 1. The normalized spacial score (nSPS) is 11.8. The van der Waals surface area contributed by atoms with Gasteiger partial charge in [-0.1, -0.05) is 12.1 Å². The number of non-ortho nitro benzene ring substituents is 2. The fourth-order valence-electron chi connectivity index (χ4n) is 4.14. The van der Waals surface area contributed by atoms with Gasteiger partial charge in [0.1, 0.15) is 23.0 Å². The molecule has 5 rings (SSSR count). The van der Waals surface area contributed by atoms with Crippen LogP contribution in [-0.2, 0) is 9.53 Å². The third-order valence-electron chi connectivity index (χ3n) is 5.75. The smallest absolute Gasteiger partial charge is 0.303 e. The van der Waals surface area contributed by atoms with Gasteiger partial charge in [-0.05, 0) is 59.7 Å². The van der Waals surface area contributed by atoms with Crippen LogP contribution >= 0.6 is 0 Å². The molecule has 0 N–H and O–H groups in total. The molecule has 0 spiro atoms. The van der Waals surface area contributed by atoms with Crippen molar-refractivity contribution in [2.45, 2.75) is 13.0 Å². The first-order valence-corrected chi connectivity index (χ1v) is 11.1. The Morgan fingerprint density at radius 3 is 1.38 bits per heavy atom. The summed E-state index contributed by atoms with van der Waals surface area (Å²) >= 11 is 0. The van der Waals surface area contributed by atoms with E-state index in [2.05, 4.69) is 0 Å². The second-order valence-electron chi connectivity index (χ2n) is 8.19. The van der Waals surface area contributed by atoms with E-state index in [0.29, 0.717) is 23.0 Å². The monoisotopic (exact) mass is 498 g/mol. The Labute approximate surface area is 209 Å². The summed E-state index contributed by atoms with van der Waals surface area (Å²) in [5.74, 6) is 1.32. The zero-order chi connectivity index (χ0) is 26.1. The van der Waals surface area contributed by atoms with Gasteiger partial charge in [0.2, 0.25) is 0 Å². The molecule has 0 radical (unpaired) electrons. The van der Waals surface area contributed by atoms with Crippen molar-refractivity contribution < 1.29 is 28.9 Å². The highest BCUT2D eigenvalue weighted by Gasteiger charge is 2.32. The molecule has 10 nitrogen and oxygen atoms in total. The molecule has 4 aromatic rings. The zero-order valence-electron chi connectivity index (χ0n) is 19.3. The first-order valence-electron chi connectivity index (χ1n) is 11.1. The lowest BCUT2D eigenvalue weighted by Crippen LogP contribution is -2.07. The van der Waals surface area contributed by atoms with Crippen LogP contribution in [-0.4, -0.2) is 15.8 Å². The van der Waals surface area contributed by atoms with Gasteiger partial charge in [-0.15, -0.1) is 0 Å². The quantitative estimate of drug-likeness (QED) is 0.156. The highest BCUT2D eigenvalue weighted by molar-refractivity contribution is 5.81. The minimum absolute atomic E-state index is 0.0431. The summed E-state index contributed by atoms with van der Waals surface area (Å²) in [5, 5.41) is 21.8. The lowest BCUT2D eigenvalue weighted by Gasteiger charge is -2.15. The van der Waals surface area contributed by atoms with Gasteiger partial charge in [0.15, 0.2) is 6.10 Å². The predicted molar refractivity (Wildman–Crippen MR) is 132 cm³/mol. The molecule has 0 saturated carbocycles. The Hall–Kier alpha value is -5.25. The van der Waals surface area contributed by atoms with Crippen LogP contribution in [0.25, 0.3) is 11.1 Å². The SMILES string of the molecule is CC(=O)OC1c2cc(Oc3ccc([N+](=O)[O-])cc3)ccc2-c2ccc(Oc3ccc([N+](=O)[O-])cc3)cc21. The second-order valence-corrected chi connectivity index (χ2v) is 8.19. The van der Waals surface area contributed by atoms with Crippen LogP contribution in [0.15, 0.2) is 84.9 Å². The Bertz CT molecular complexity index is 1420. The summed E-state index contributed by atoms with van der Waals surface area (Å²) in [4.78, 5) is 32.7. The van der Waals surface area contributed by atoms with Crippen molar-refractivity contribution in [3.05, 3.63) is 116 Å². The number of nitro benzene ring substituents is 2. The number of hydrogen-bond donors (Lipinski definition) is 0. The van der Waals surface area contributed by atoms with E-state index in [1.54, 1.807) is 24.3 Å². The second kappa shape index (κ2) is 9.42. The molecule has 0 fully saturated rings. The molecule has 0 aromatic heterocycles. The molecule has 37 heavy (non-hydrogen) atoms. The van der Waals surface area contributed by atoms with Crippen LogP contribution in [0.3, 0.4) is 0 Å². The van der Waals surface area contributed by atoms with Gasteiger partial charge in [0, 0.05) is 42.3 Å². The molecule has 0 atom stereocenters. The fourth-order valence-corrected chi connectivity index (χ4v) is 4.14. The number of hydrogen-bond acceptors (Lipinski definition) is 8. The van der Waals surface area contributed by atoms with Crippen LogP contribution in [0, 0.1) is 20.2 Å². The standard InChI is InChI=1S/C27H18N2O8/c1-16(30)35-27-25-14-21(36-19-6-2-17(3-7-19)28(31)32)10-12-23(25)24-13-11-22(15-26(24)27)37-20-8-4-18(5-9-20)29(33)34/h2-15,27H,1H3. The zero-order valence-corrected chi connectivity index (χ0v) is 19.3. The minimum atomic E-state index is -0.705. The van der Waals surface area contributed by atoms with Crippen LogP contribution in [0.1, 0.15) is 24.2 Å². The van der Waals surface area contributed by atoms with Gasteiger partial charge in [-0.3, -0.25) is 25.0 Å². The summed E-state index contributed by atoms with van der Waals surface area (Å²) < 4.78 is 17.4. The largest absolute Gasteiger partial charge is 0.457 e. The van der Waals surface area contributed by atoms with E-state index in [9.17, 15) is 25.0 Å². The van der Waals surface area contributed by atoms with Crippen LogP contribution < -0.4 is 9.47 Å². The summed E-state index contributed by atoms with van der Waals surface area (Å²) in [5.41, 5.74) is 3.07. The Morgan fingerprint density at radius 2 is 1.03 bits per heavy atom. The number of ether oxygens (including phenoxy) is 3. The number of benzene rings is 4. The number of carbonyl (C=O) groups is 1. The number of rotatable bonds is 7.